The molecule has 70 heavy (non-hydrogen) atoms. The second-order valence-electron chi connectivity index (χ2n) is 18.7. The van der Waals surface area contributed by atoms with E-state index in [1.54, 1.807) is 0 Å². The van der Waals surface area contributed by atoms with Gasteiger partial charge in [0.1, 0.15) is 11.9 Å². The molecule has 0 aromatic heterocycles. The van der Waals surface area contributed by atoms with Gasteiger partial charge in [0.25, 0.3) is 0 Å². The molecule has 336 valence electrons. The molecular formula is C68H53NO. The van der Waals surface area contributed by atoms with Gasteiger partial charge < -0.3 is 10.5 Å². The molecule has 1 aliphatic heterocycles. The SMILES string of the molecule is C=C/C=C(\C=C/c1ccc(-c2ccccc2)cc1)c1cccc2c1OC1C=CC=CC21.Nc1cccc2c1-c1ccccc1C21c2ccccc2C(C2=CC=CCC2)(c2ccccc2)c2ccccc21. The number of fused-ring (bicyclic) bond motifs is 12. The second kappa shape index (κ2) is 17.9. The first kappa shape index (κ1) is 42.9. The Hall–Kier alpha value is -8.46. The van der Waals surface area contributed by atoms with Crippen molar-refractivity contribution in [2.75, 3.05) is 5.73 Å². The number of nitrogen functional groups attached to an aromatic ring is 1. The lowest BCUT2D eigenvalue weighted by atomic mass is 9.50. The highest BCUT2D eigenvalue weighted by molar-refractivity contribution is 5.94. The van der Waals surface area contributed by atoms with Crippen LogP contribution in [-0.4, -0.2) is 6.10 Å². The molecule has 2 nitrogen and oxygen atoms in total. The van der Waals surface area contributed by atoms with Crippen LogP contribution in [0.1, 0.15) is 74.4 Å². The summed E-state index contributed by atoms with van der Waals surface area (Å²) in [5.41, 5.74) is 27.0. The van der Waals surface area contributed by atoms with Gasteiger partial charge in [-0.2, -0.15) is 0 Å². The third-order valence-corrected chi connectivity index (χ3v) is 15.1. The van der Waals surface area contributed by atoms with E-state index in [2.05, 4.69) is 243 Å². The minimum Gasteiger partial charge on any atom is -0.484 e. The highest BCUT2D eigenvalue weighted by atomic mass is 16.5. The van der Waals surface area contributed by atoms with E-state index in [1.165, 1.54) is 72.3 Å². The van der Waals surface area contributed by atoms with Crippen molar-refractivity contribution in [1.82, 2.24) is 0 Å². The molecule has 2 N–H and O–H groups in total. The molecule has 4 aliphatic carbocycles. The van der Waals surface area contributed by atoms with Crippen molar-refractivity contribution in [3.63, 3.8) is 0 Å². The van der Waals surface area contributed by atoms with E-state index in [-0.39, 0.29) is 11.5 Å². The number of hydrogen-bond acceptors (Lipinski definition) is 2. The Bertz CT molecular complexity index is 3440. The van der Waals surface area contributed by atoms with Crippen molar-refractivity contribution in [2.24, 2.45) is 0 Å². The van der Waals surface area contributed by atoms with Crippen molar-refractivity contribution in [3.05, 3.63) is 323 Å². The zero-order valence-electron chi connectivity index (χ0n) is 39.1. The van der Waals surface area contributed by atoms with Gasteiger partial charge in [0.05, 0.1) is 10.8 Å². The third-order valence-electron chi connectivity index (χ3n) is 15.1. The van der Waals surface area contributed by atoms with Crippen molar-refractivity contribution in [3.8, 4) is 28.0 Å². The normalized spacial score (nSPS) is 20.7. The van der Waals surface area contributed by atoms with Crippen LogP contribution in [0.5, 0.6) is 5.75 Å². The number of rotatable bonds is 7. The van der Waals surface area contributed by atoms with E-state index in [0.29, 0.717) is 5.92 Å². The number of benzene rings is 8. The largest absolute Gasteiger partial charge is 0.484 e. The summed E-state index contributed by atoms with van der Waals surface area (Å²) in [7, 11) is 0. The maximum Gasteiger partial charge on any atom is 0.132 e. The molecule has 0 radical (unpaired) electrons. The number of anilines is 1. The lowest BCUT2D eigenvalue weighted by molar-refractivity contribution is 0.268. The minimum atomic E-state index is -0.447. The van der Waals surface area contributed by atoms with Gasteiger partial charge in [-0.15, -0.1) is 0 Å². The van der Waals surface area contributed by atoms with Crippen LogP contribution in [0.25, 0.3) is 33.9 Å². The fraction of sp³-hybridized carbons (Fsp3) is 0.0882. The Morgan fingerprint density at radius 3 is 1.89 bits per heavy atom. The van der Waals surface area contributed by atoms with Crippen LogP contribution in [0.2, 0.25) is 0 Å². The molecular weight excluding hydrogens is 847 g/mol. The molecule has 0 bridgehead atoms. The first-order valence-electron chi connectivity index (χ1n) is 24.5. The molecule has 5 aliphatic rings. The first-order chi connectivity index (χ1) is 34.6. The predicted octanol–water partition coefficient (Wildman–Crippen LogP) is 16.2. The first-order valence-corrected chi connectivity index (χ1v) is 24.5. The molecule has 0 amide bonds. The zero-order valence-corrected chi connectivity index (χ0v) is 39.1. The average molecular weight is 900 g/mol. The highest BCUT2D eigenvalue weighted by Gasteiger charge is 2.57. The quantitative estimate of drug-likeness (QED) is 0.128. The van der Waals surface area contributed by atoms with Crippen LogP contribution in [0.4, 0.5) is 5.69 Å². The van der Waals surface area contributed by atoms with Crippen LogP contribution in [0.3, 0.4) is 0 Å². The molecule has 0 saturated carbocycles. The summed E-state index contributed by atoms with van der Waals surface area (Å²) in [6.07, 6.45) is 25.8. The van der Waals surface area contributed by atoms with E-state index >= 15 is 0 Å². The molecule has 8 aromatic carbocycles. The number of allylic oxidation sites excluding steroid dienone is 10. The van der Waals surface area contributed by atoms with Crippen molar-refractivity contribution in [2.45, 2.75) is 35.7 Å². The van der Waals surface area contributed by atoms with Gasteiger partial charge in [-0.1, -0.05) is 261 Å². The molecule has 1 spiro atoms. The summed E-state index contributed by atoms with van der Waals surface area (Å²) in [5, 5.41) is 0. The molecule has 2 unspecified atom stereocenters. The summed E-state index contributed by atoms with van der Waals surface area (Å²) >= 11 is 0. The molecule has 1 heterocycles. The second-order valence-corrected chi connectivity index (χ2v) is 18.7. The van der Waals surface area contributed by atoms with Gasteiger partial charge >= 0.3 is 0 Å². The van der Waals surface area contributed by atoms with E-state index in [1.807, 2.05) is 24.3 Å². The van der Waals surface area contributed by atoms with Crippen LogP contribution in [0.15, 0.2) is 267 Å². The molecule has 0 saturated heterocycles. The van der Waals surface area contributed by atoms with Crippen molar-refractivity contribution >= 4 is 17.3 Å². The highest BCUT2D eigenvalue weighted by Crippen LogP contribution is 2.65. The number of ether oxygens (including phenoxy) is 1. The van der Waals surface area contributed by atoms with Gasteiger partial charge in [-0.25, -0.2) is 0 Å². The Labute approximate surface area is 412 Å². The Balaban J connectivity index is 0.000000148. The molecule has 2 heteroatoms. The monoisotopic (exact) mass is 899 g/mol. The number of hydrogen-bond donors (Lipinski definition) is 1. The molecule has 8 aromatic rings. The lowest BCUT2D eigenvalue weighted by Gasteiger charge is -2.51. The molecule has 0 fully saturated rings. The van der Waals surface area contributed by atoms with Gasteiger partial charge in [0.15, 0.2) is 0 Å². The summed E-state index contributed by atoms with van der Waals surface area (Å²) < 4.78 is 6.34. The van der Waals surface area contributed by atoms with Crippen LogP contribution >= 0.6 is 0 Å². The Morgan fingerprint density at radius 2 is 1.19 bits per heavy atom. The van der Waals surface area contributed by atoms with Crippen molar-refractivity contribution in [1.29, 1.82) is 0 Å². The van der Waals surface area contributed by atoms with Gasteiger partial charge in [0.2, 0.25) is 0 Å². The average Bonchev–Trinajstić information content (AvgIpc) is 3.96. The van der Waals surface area contributed by atoms with E-state index in [0.717, 1.165) is 41.0 Å². The predicted molar refractivity (Wildman–Crippen MR) is 292 cm³/mol. The third kappa shape index (κ3) is 6.78. The number of para-hydroxylation sites is 1. The van der Waals surface area contributed by atoms with Crippen LogP contribution in [0, 0.1) is 0 Å². The van der Waals surface area contributed by atoms with Crippen LogP contribution in [-0.2, 0) is 10.8 Å². The summed E-state index contributed by atoms with van der Waals surface area (Å²) in [6.45, 7) is 3.92. The summed E-state index contributed by atoms with van der Waals surface area (Å²) in [6, 6.07) is 70.4. The fourth-order valence-corrected chi connectivity index (χ4v) is 12.2. The standard InChI is InChI=1S/C38H29N.C30H24O/c39-35-25-13-24-34-36(35)28-18-7-8-19-29(28)38(34)32-22-11-9-20-30(32)37(26-14-3-1-4-15-26,27-16-5-2-6-17-27)31-21-10-12-23-33(31)38;1-2-9-25(21-18-22-16-19-24(20-17-22)23-10-4-3-5-11-23)26-13-8-14-28-27-12-6-7-15-29(27)31-30(26)28/h1-5,7-16,18-25H,6,17,39H2;2-21,27,29H,1H2/b;21-18-,25-9+. The molecule has 13 rings (SSSR count). The van der Waals surface area contributed by atoms with Gasteiger partial charge in [0, 0.05) is 28.3 Å². The van der Waals surface area contributed by atoms with Gasteiger partial charge in [-0.3, -0.25) is 0 Å². The van der Waals surface area contributed by atoms with Crippen molar-refractivity contribution < 1.29 is 4.74 Å². The minimum absolute atomic E-state index is 0.0839. The fourth-order valence-electron chi connectivity index (χ4n) is 12.2. The lowest BCUT2D eigenvalue weighted by Crippen LogP contribution is -2.45. The van der Waals surface area contributed by atoms with E-state index < -0.39 is 5.41 Å². The van der Waals surface area contributed by atoms with Gasteiger partial charge in [-0.05, 0) is 91.8 Å². The summed E-state index contributed by atoms with van der Waals surface area (Å²) in [4.78, 5) is 0. The Kier molecular flexibility index (Phi) is 11.0. The topological polar surface area (TPSA) is 35.2 Å². The zero-order chi connectivity index (χ0) is 47.1. The smallest absolute Gasteiger partial charge is 0.132 e. The Morgan fingerprint density at radius 1 is 0.571 bits per heavy atom. The summed E-state index contributed by atoms with van der Waals surface area (Å²) in [5.74, 6) is 1.27. The molecule has 2 atom stereocenters. The maximum absolute atomic E-state index is 6.76. The van der Waals surface area contributed by atoms with Crippen LogP contribution < -0.4 is 10.5 Å². The van der Waals surface area contributed by atoms with E-state index in [9.17, 15) is 0 Å². The maximum atomic E-state index is 6.76. The number of nitrogens with two attached hydrogens (primary N) is 1. The van der Waals surface area contributed by atoms with E-state index in [4.69, 9.17) is 10.5 Å².